The summed E-state index contributed by atoms with van der Waals surface area (Å²) in [6.07, 6.45) is 6.23. The molecular formula is C45H53N7O4. The molecular weight excluding hydrogens is 703 g/mol. The molecule has 5 aromatic rings. The maximum absolute atomic E-state index is 14.0. The predicted octanol–water partition coefficient (Wildman–Crippen LogP) is 8.68. The van der Waals surface area contributed by atoms with Crippen LogP contribution in [-0.4, -0.2) is 73.4 Å². The van der Waals surface area contributed by atoms with E-state index in [1.54, 1.807) is 0 Å². The number of amides is 3. The van der Waals surface area contributed by atoms with Gasteiger partial charge >= 0.3 is 6.09 Å². The first kappa shape index (κ1) is 37.5. The normalized spacial score (nSPS) is 21.6. The number of ether oxygens (including phenoxy) is 1. The lowest BCUT2D eigenvalue weighted by atomic mass is 9.95. The SMILES string of the molecule is COC(=O)N[C@H](C(=O)N1[C@@H]2CC[C@@H](C2)[C@H]1c1nc2cc(-c3ccc(-c4ccc(-c5c[nH]c([C@@H]6CCCN6C(=O)[C@@H](C)C(C)C)n5)cc4)cc3)ccc2[nH]1)C(C)C. The van der Waals surface area contributed by atoms with Crippen molar-refractivity contribution in [1.82, 2.24) is 35.1 Å². The summed E-state index contributed by atoms with van der Waals surface area (Å²) in [6, 6.07) is 22.6. The zero-order valence-corrected chi connectivity index (χ0v) is 33.2. The van der Waals surface area contributed by atoms with E-state index in [0.717, 1.165) is 94.8 Å². The van der Waals surface area contributed by atoms with Gasteiger partial charge in [0.2, 0.25) is 11.8 Å². The predicted molar refractivity (Wildman–Crippen MR) is 217 cm³/mol. The Morgan fingerprint density at radius 3 is 2.11 bits per heavy atom. The minimum Gasteiger partial charge on any atom is -0.453 e. The van der Waals surface area contributed by atoms with E-state index in [2.05, 4.69) is 95.9 Å². The average molecular weight is 756 g/mol. The number of alkyl carbamates (subject to hydrolysis) is 1. The van der Waals surface area contributed by atoms with Crippen LogP contribution in [0.15, 0.2) is 72.9 Å². The molecule has 3 fully saturated rings. The maximum Gasteiger partial charge on any atom is 0.407 e. The number of benzene rings is 3. The lowest BCUT2D eigenvalue weighted by Gasteiger charge is -2.37. The Morgan fingerprint density at radius 2 is 1.45 bits per heavy atom. The van der Waals surface area contributed by atoms with Gasteiger partial charge in [-0.05, 0) is 84.2 Å². The standard InChI is InChI=1S/C45H53N7O4/c1-25(2)27(5)43(53)51-21-7-8-38(51)41-46-24-37(49-41)31-15-13-29(14-16-31)28-9-11-30(12-10-28)32-18-20-35-36(23-32)48-42(47-35)40-33-17-19-34(22-33)52(40)44(54)39(26(3)4)50-45(55)56-6/h9-16,18,20,23-27,33-34,38-40H,7-8,17,19,21-22H2,1-6H3,(H,46,49)(H,47,48)(H,50,55)/t27-,33-,34+,38-,39-,40-/m0/s1. The molecule has 292 valence electrons. The molecule has 0 radical (unpaired) electrons. The highest BCUT2D eigenvalue weighted by Crippen LogP contribution is 2.50. The summed E-state index contributed by atoms with van der Waals surface area (Å²) < 4.78 is 4.83. The second-order valence-corrected chi connectivity index (χ2v) is 16.7. The number of imidazole rings is 2. The lowest BCUT2D eigenvalue weighted by molar-refractivity contribution is -0.139. The zero-order chi connectivity index (χ0) is 39.2. The number of nitrogens with zero attached hydrogens (tertiary/aromatic N) is 4. The molecule has 3 amide bonds. The number of likely N-dealkylation sites (tertiary alicyclic amines) is 2. The molecule has 3 aliphatic rings. The molecule has 56 heavy (non-hydrogen) atoms. The third-order valence-corrected chi connectivity index (χ3v) is 12.6. The monoisotopic (exact) mass is 755 g/mol. The van der Waals surface area contributed by atoms with Gasteiger partial charge in [-0.25, -0.2) is 14.8 Å². The highest BCUT2D eigenvalue weighted by molar-refractivity contribution is 5.87. The third kappa shape index (κ3) is 6.96. The van der Waals surface area contributed by atoms with Crippen LogP contribution in [0.25, 0.3) is 44.5 Å². The van der Waals surface area contributed by atoms with Crippen molar-refractivity contribution in [3.63, 3.8) is 0 Å². The van der Waals surface area contributed by atoms with E-state index in [4.69, 9.17) is 14.7 Å². The molecule has 6 atom stereocenters. The summed E-state index contributed by atoms with van der Waals surface area (Å²) in [5.41, 5.74) is 8.09. The fraction of sp³-hybridized carbons (Fsp3) is 0.444. The highest BCUT2D eigenvalue weighted by Gasteiger charge is 2.51. The molecule has 0 unspecified atom stereocenters. The quantitative estimate of drug-likeness (QED) is 0.131. The van der Waals surface area contributed by atoms with Crippen LogP contribution in [0.4, 0.5) is 4.79 Å². The summed E-state index contributed by atoms with van der Waals surface area (Å²) >= 11 is 0. The van der Waals surface area contributed by atoms with Crippen LogP contribution >= 0.6 is 0 Å². The van der Waals surface area contributed by atoms with E-state index in [9.17, 15) is 14.4 Å². The minimum absolute atomic E-state index is 0.00436. The van der Waals surface area contributed by atoms with Crippen LogP contribution in [0, 0.1) is 23.7 Å². The number of nitrogens with one attached hydrogen (secondary N) is 3. The Bertz CT molecular complexity index is 2220. The molecule has 4 heterocycles. The van der Waals surface area contributed by atoms with Gasteiger partial charge in [-0.15, -0.1) is 0 Å². The summed E-state index contributed by atoms with van der Waals surface area (Å²) in [5.74, 6) is 2.33. The molecule has 2 saturated heterocycles. The van der Waals surface area contributed by atoms with Crippen LogP contribution in [0.2, 0.25) is 0 Å². The summed E-state index contributed by atoms with van der Waals surface area (Å²) in [4.78, 5) is 60.2. The number of aromatic nitrogens is 4. The Labute approximate surface area is 328 Å². The molecule has 0 spiro atoms. The first-order chi connectivity index (χ1) is 27.0. The molecule has 8 rings (SSSR count). The Kier molecular flexibility index (Phi) is 10.2. The van der Waals surface area contributed by atoms with Crippen molar-refractivity contribution in [3.05, 3.63) is 84.6 Å². The van der Waals surface area contributed by atoms with E-state index in [1.165, 1.54) is 7.11 Å². The first-order valence-electron chi connectivity index (χ1n) is 20.2. The molecule has 1 saturated carbocycles. The number of hydrogen-bond acceptors (Lipinski definition) is 6. The van der Waals surface area contributed by atoms with Crippen molar-refractivity contribution < 1.29 is 19.1 Å². The van der Waals surface area contributed by atoms with Crippen molar-refractivity contribution >= 4 is 28.9 Å². The van der Waals surface area contributed by atoms with E-state index < -0.39 is 12.1 Å². The number of hydrogen-bond donors (Lipinski definition) is 3. The molecule has 2 bridgehead atoms. The fourth-order valence-electron chi connectivity index (χ4n) is 9.07. The average Bonchev–Trinajstić information content (AvgIpc) is 4.07. The maximum atomic E-state index is 14.0. The molecule has 11 nitrogen and oxygen atoms in total. The second kappa shape index (κ2) is 15.2. The highest BCUT2D eigenvalue weighted by atomic mass is 16.5. The summed E-state index contributed by atoms with van der Waals surface area (Å²) in [5, 5.41) is 2.77. The fourth-order valence-corrected chi connectivity index (χ4v) is 9.07. The second-order valence-electron chi connectivity index (χ2n) is 16.7. The molecule has 3 N–H and O–H groups in total. The minimum atomic E-state index is -0.670. The zero-order valence-electron chi connectivity index (χ0n) is 33.2. The van der Waals surface area contributed by atoms with Crippen molar-refractivity contribution in [2.45, 2.75) is 90.9 Å². The van der Waals surface area contributed by atoms with Gasteiger partial charge in [0.1, 0.15) is 17.7 Å². The van der Waals surface area contributed by atoms with E-state index in [-0.39, 0.29) is 41.8 Å². The molecule has 11 heteroatoms. The number of rotatable bonds is 10. The van der Waals surface area contributed by atoms with Gasteiger partial charge in [0.05, 0.1) is 35.9 Å². The number of carbonyl (C=O) groups excluding carboxylic acids is 3. The number of aromatic amines is 2. The van der Waals surface area contributed by atoms with Crippen LogP contribution in [0.5, 0.6) is 0 Å². The Hall–Kier alpha value is -5.45. The van der Waals surface area contributed by atoms with Crippen LogP contribution in [0.3, 0.4) is 0 Å². The molecule has 3 aromatic carbocycles. The number of fused-ring (bicyclic) bond motifs is 3. The summed E-state index contributed by atoms with van der Waals surface area (Å²) in [6.45, 7) is 10.9. The van der Waals surface area contributed by atoms with Gasteiger partial charge in [-0.3, -0.25) is 9.59 Å². The van der Waals surface area contributed by atoms with Gasteiger partial charge in [0.15, 0.2) is 0 Å². The largest absolute Gasteiger partial charge is 0.453 e. The van der Waals surface area contributed by atoms with Crippen LogP contribution < -0.4 is 5.32 Å². The van der Waals surface area contributed by atoms with Gasteiger partial charge in [0.25, 0.3) is 0 Å². The number of piperidine rings is 1. The molecule has 1 aliphatic carbocycles. The smallest absolute Gasteiger partial charge is 0.407 e. The van der Waals surface area contributed by atoms with Crippen LogP contribution in [0.1, 0.15) is 90.5 Å². The number of H-pyrrole nitrogens is 2. The molecule has 2 aromatic heterocycles. The van der Waals surface area contributed by atoms with Crippen molar-refractivity contribution in [2.24, 2.45) is 23.7 Å². The van der Waals surface area contributed by atoms with E-state index >= 15 is 0 Å². The van der Waals surface area contributed by atoms with Crippen LogP contribution in [-0.2, 0) is 14.3 Å². The third-order valence-electron chi connectivity index (χ3n) is 12.6. The topological polar surface area (TPSA) is 136 Å². The van der Waals surface area contributed by atoms with Gasteiger partial charge in [-0.1, -0.05) is 89.2 Å². The number of carbonyl (C=O) groups is 3. The number of methoxy groups -OCH3 is 1. The van der Waals surface area contributed by atoms with E-state index in [0.29, 0.717) is 11.8 Å². The first-order valence-corrected chi connectivity index (χ1v) is 20.2. The van der Waals surface area contributed by atoms with Gasteiger partial charge < -0.3 is 29.8 Å². The molecule has 2 aliphatic heterocycles. The van der Waals surface area contributed by atoms with Gasteiger partial charge in [-0.2, -0.15) is 0 Å². The van der Waals surface area contributed by atoms with Gasteiger partial charge in [0, 0.05) is 30.3 Å². The van der Waals surface area contributed by atoms with E-state index in [1.807, 2.05) is 36.8 Å². The van der Waals surface area contributed by atoms with Crippen molar-refractivity contribution in [1.29, 1.82) is 0 Å². The lowest BCUT2D eigenvalue weighted by Crippen LogP contribution is -2.54. The Balaban J connectivity index is 0.963. The van der Waals surface area contributed by atoms with Crippen molar-refractivity contribution in [3.8, 4) is 33.5 Å². The van der Waals surface area contributed by atoms with Crippen molar-refractivity contribution in [2.75, 3.05) is 13.7 Å². The Morgan fingerprint density at radius 1 is 0.786 bits per heavy atom. The summed E-state index contributed by atoms with van der Waals surface area (Å²) in [7, 11) is 1.32.